The lowest BCUT2D eigenvalue weighted by Crippen LogP contribution is -2.51. The van der Waals surface area contributed by atoms with E-state index in [1.54, 1.807) is 20.9 Å². The van der Waals surface area contributed by atoms with Gasteiger partial charge in [-0.25, -0.2) is 4.39 Å². The Hall–Kier alpha value is -0.770. The van der Waals surface area contributed by atoms with Crippen molar-refractivity contribution in [2.45, 2.75) is 39.9 Å². The summed E-state index contributed by atoms with van der Waals surface area (Å²) in [4.78, 5) is 22.1. The number of likely N-dealkylation sites (N-methyl/N-ethyl adjacent to an activating group) is 1. The minimum Gasteiger partial charge on any atom is -0.310 e. The van der Waals surface area contributed by atoms with Crippen LogP contribution >= 0.6 is 0 Å². The van der Waals surface area contributed by atoms with Crippen molar-refractivity contribution in [3.05, 3.63) is 0 Å². The molecule has 2 unspecified atom stereocenters. The zero-order valence-corrected chi connectivity index (χ0v) is 9.35. The van der Waals surface area contributed by atoms with Crippen molar-refractivity contribution in [2.75, 3.05) is 7.05 Å². The van der Waals surface area contributed by atoms with Crippen LogP contribution in [0.3, 0.4) is 0 Å². The van der Waals surface area contributed by atoms with Gasteiger partial charge in [-0.3, -0.25) is 9.59 Å². The molecule has 0 saturated carbocycles. The number of carbonyl (C=O) groups excluding carboxylic acids is 2. The first kappa shape index (κ1) is 13.2. The van der Waals surface area contributed by atoms with Crippen molar-refractivity contribution in [3.63, 3.8) is 0 Å². The standard InChI is InChI=1S/C10H18FNO2/c1-6(13)8(11)10(3,4)9(12-5)7(2)14/h8-9,12H,1-5H3. The van der Waals surface area contributed by atoms with Crippen LogP contribution in [0.25, 0.3) is 0 Å². The lowest BCUT2D eigenvalue weighted by molar-refractivity contribution is -0.130. The van der Waals surface area contributed by atoms with E-state index in [2.05, 4.69) is 5.32 Å². The fourth-order valence-corrected chi connectivity index (χ4v) is 1.77. The summed E-state index contributed by atoms with van der Waals surface area (Å²) < 4.78 is 13.6. The zero-order valence-electron chi connectivity index (χ0n) is 9.35. The molecule has 0 amide bonds. The van der Waals surface area contributed by atoms with Crippen LogP contribution in [0.5, 0.6) is 0 Å². The van der Waals surface area contributed by atoms with Gasteiger partial charge in [0.15, 0.2) is 12.0 Å². The fourth-order valence-electron chi connectivity index (χ4n) is 1.77. The third kappa shape index (κ3) is 2.61. The SMILES string of the molecule is CNC(C(C)=O)C(C)(C)C(F)C(C)=O. The van der Waals surface area contributed by atoms with Gasteiger partial charge in [0.1, 0.15) is 5.78 Å². The Balaban J connectivity index is 4.90. The highest BCUT2D eigenvalue weighted by atomic mass is 19.1. The summed E-state index contributed by atoms with van der Waals surface area (Å²) in [6.45, 7) is 5.72. The van der Waals surface area contributed by atoms with E-state index in [4.69, 9.17) is 0 Å². The van der Waals surface area contributed by atoms with Crippen molar-refractivity contribution >= 4 is 11.6 Å². The molecule has 0 heterocycles. The van der Waals surface area contributed by atoms with E-state index in [0.29, 0.717) is 0 Å². The van der Waals surface area contributed by atoms with Gasteiger partial charge in [-0.05, 0) is 20.9 Å². The summed E-state index contributed by atoms with van der Waals surface area (Å²) in [6.07, 6.45) is -1.62. The average Bonchev–Trinajstić information content (AvgIpc) is 2.02. The van der Waals surface area contributed by atoms with Crippen LogP contribution in [0.15, 0.2) is 0 Å². The zero-order chi connectivity index (χ0) is 11.5. The average molecular weight is 203 g/mol. The molecule has 0 fully saturated rings. The number of alkyl halides is 1. The molecule has 0 bridgehead atoms. The predicted molar refractivity (Wildman–Crippen MR) is 52.9 cm³/mol. The molecule has 4 heteroatoms. The second kappa shape index (κ2) is 4.64. The summed E-state index contributed by atoms with van der Waals surface area (Å²) in [7, 11) is 1.58. The maximum atomic E-state index is 13.6. The second-order valence-corrected chi connectivity index (χ2v) is 4.13. The smallest absolute Gasteiger partial charge is 0.165 e. The molecule has 82 valence electrons. The number of halogens is 1. The van der Waals surface area contributed by atoms with Gasteiger partial charge in [-0.1, -0.05) is 13.8 Å². The van der Waals surface area contributed by atoms with Gasteiger partial charge in [-0.2, -0.15) is 0 Å². The van der Waals surface area contributed by atoms with Crippen molar-refractivity contribution in [1.82, 2.24) is 5.32 Å². The number of Topliss-reactive ketones (excluding diaryl/α,β-unsaturated/α-hetero) is 2. The summed E-state index contributed by atoms with van der Waals surface area (Å²) in [6, 6.07) is -0.638. The third-order valence-corrected chi connectivity index (χ3v) is 2.45. The normalized spacial score (nSPS) is 16.1. The van der Waals surface area contributed by atoms with E-state index in [1.807, 2.05) is 0 Å². The molecule has 0 rings (SSSR count). The number of hydrogen-bond acceptors (Lipinski definition) is 3. The van der Waals surface area contributed by atoms with Crippen molar-refractivity contribution in [3.8, 4) is 0 Å². The molecule has 0 aromatic heterocycles. The maximum Gasteiger partial charge on any atom is 0.165 e. The number of hydrogen-bond donors (Lipinski definition) is 1. The molecule has 0 saturated heterocycles. The topological polar surface area (TPSA) is 46.2 Å². The highest BCUT2D eigenvalue weighted by molar-refractivity contribution is 5.86. The number of rotatable bonds is 5. The third-order valence-electron chi connectivity index (χ3n) is 2.45. The van der Waals surface area contributed by atoms with Crippen molar-refractivity contribution in [1.29, 1.82) is 0 Å². The number of ketones is 2. The highest BCUT2D eigenvalue weighted by Crippen LogP contribution is 2.29. The molecule has 3 nitrogen and oxygen atoms in total. The maximum absolute atomic E-state index is 13.6. The van der Waals surface area contributed by atoms with Gasteiger partial charge in [0, 0.05) is 5.41 Å². The Labute approximate surface area is 84.1 Å². The van der Waals surface area contributed by atoms with E-state index in [1.165, 1.54) is 13.8 Å². The summed E-state index contributed by atoms with van der Waals surface area (Å²) >= 11 is 0. The molecule has 0 aliphatic heterocycles. The largest absolute Gasteiger partial charge is 0.310 e. The molecule has 1 N–H and O–H groups in total. The lowest BCUT2D eigenvalue weighted by Gasteiger charge is -2.34. The number of nitrogens with one attached hydrogen (secondary N) is 1. The van der Waals surface area contributed by atoms with E-state index >= 15 is 0 Å². The van der Waals surface area contributed by atoms with E-state index in [-0.39, 0.29) is 5.78 Å². The van der Waals surface area contributed by atoms with Gasteiger partial charge in [0.25, 0.3) is 0 Å². The van der Waals surface area contributed by atoms with Crippen LogP contribution in [-0.4, -0.2) is 30.8 Å². The summed E-state index contributed by atoms with van der Waals surface area (Å²) in [5.74, 6) is -0.710. The van der Waals surface area contributed by atoms with Crippen LogP contribution in [0.4, 0.5) is 4.39 Å². The van der Waals surface area contributed by atoms with Gasteiger partial charge < -0.3 is 5.32 Å². The first-order valence-corrected chi connectivity index (χ1v) is 4.57. The molecular formula is C10H18FNO2. The Morgan fingerprint density at radius 1 is 1.21 bits per heavy atom. The Kier molecular flexibility index (Phi) is 4.39. The van der Waals surface area contributed by atoms with Gasteiger partial charge in [0.05, 0.1) is 6.04 Å². The second-order valence-electron chi connectivity index (χ2n) is 4.13. The Morgan fingerprint density at radius 3 is 1.86 bits per heavy atom. The minimum atomic E-state index is -1.62. The minimum absolute atomic E-state index is 0.165. The monoisotopic (exact) mass is 203 g/mol. The first-order chi connectivity index (χ1) is 6.25. The van der Waals surface area contributed by atoms with Crippen LogP contribution < -0.4 is 5.32 Å². The summed E-state index contributed by atoms with van der Waals surface area (Å²) in [5, 5.41) is 2.74. The molecule has 0 radical (unpaired) electrons. The lowest BCUT2D eigenvalue weighted by atomic mass is 9.77. The molecule has 2 atom stereocenters. The van der Waals surface area contributed by atoms with Gasteiger partial charge in [0.2, 0.25) is 0 Å². The van der Waals surface area contributed by atoms with Gasteiger partial charge >= 0.3 is 0 Å². The first-order valence-electron chi connectivity index (χ1n) is 4.57. The van der Waals surface area contributed by atoms with E-state index in [9.17, 15) is 14.0 Å². The van der Waals surface area contributed by atoms with E-state index < -0.39 is 23.4 Å². The molecule has 0 spiro atoms. The van der Waals surface area contributed by atoms with Crippen LogP contribution in [0, 0.1) is 5.41 Å². The Morgan fingerprint density at radius 2 is 1.64 bits per heavy atom. The van der Waals surface area contributed by atoms with Gasteiger partial charge in [-0.15, -0.1) is 0 Å². The highest BCUT2D eigenvalue weighted by Gasteiger charge is 2.41. The molecule has 0 aliphatic rings. The molecule has 0 aliphatic carbocycles. The summed E-state index contributed by atoms with van der Waals surface area (Å²) in [5.41, 5.74) is -1.01. The van der Waals surface area contributed by atoms with Crippen LogP contribution in [-0.2, 0) is 9.59 Å². The molecule has 14 heavy (non-hydrogen) atoms. The van der Waals surface area contributed by atoms with Crippen LogP contribution in [0.1, 0.15) is 27.7 Å². The number of carbonyl (C=O) groups is 2. The molecule has 0 aromatic rings. The van der Waals surface area contributed by atoms with Crippen LogP contribution in [0.2, 0.25) is 0 Å². The fraction of sp³-hybridized carbons (Fsp3) is 0.800. The van der Waals surface area contributed by atoms with E-state index in [0.717, 1.165) is 0 Å². The van der Waals surface area contributed by atoms with Crippen molar-refractivity contribution in [2.24, 2.45) is 5.41 Å². The molecular weight excluding hydrogens is 185 g/mol. The quantitative estimate of drug-likeness (QED) is 0.728. The predicted octanol–water partition coefficient (Wildman–Crippen LogP) is 1.12. The Bertz CT molecular complexity index is 238. The van der Waals surface area contributed by atoms with Crippen molar-refractivity contribution < 1.29 is 14.0 Å². The molecule has 0 aromatic carbocycles.